The molecule has 1 aromatic carbocycles. The van der Waals surface area contributed by atoms with Crippen LogP contribution in [0.4, 0.5) is 11.4 Å². The summed E-state index contributed by atoms with van der Waals surface area (Å²) in [6.07, 6.45) is 3.28. The molecule has 1 fully saturated rings. The third-order valence-electron chi connectivity index (χ3n) is 4.06. The second kappa shape index (κ2) is 5.24. The van der Waals surface area contributed by atoms with Crippen molar-refractivity contribution in [3.63, 3.8) is 0 Å². The number of benzene rings is 1. The van der Waals surface area contributed by atoms with Crippen molar-refractivity contribution in [2.24, 2.45) is 0 Å². The van der Waals surface area contributed by atoms with E-state index in [-0.39, 0.29) is 11.9 Å². The Morgan fingerprint density at radius 3 is 2.95 bits per heavy atom. The van der Waals surface area contributed by atoms with Gasteiger partial charge in [0.05, 0.1) is 0 Å². The number of nitrogens with two attached hydrogens (primary N) is 1. The maximum atomic E-state index is 11.6. The van der Waals surface area contributed by atoms with Gasteiger partial charge in [-0.05, 0) is 31.5 Å². The molecular weight excluding hydrogens is 264 g/mol. The zero-order valence-corrected chi connectivity index (χ0v) is 12.4. The summed E-state index contributed by atoms with van der Waals surface area (Å²) in [6.45, 7) is 2.70. The average molecular weight is 284 g/mol. The predicted octanol–water partition coefficient (Wildman–Crippen LogP) is 2.16. The van der Waals surface area contributed by atoms with Crippen molar-refractivity contribution in [2.45, 2.75) is 25.8 Å². The molecule has 1 aromatic heterocycles. The molecule has 0 spiro atoms. The topological polar surface area (TPSA) is 71.2 Å². The number of carbonyl (C=O) groups is 1. The van der Waals surface area contributed by atoms with Crippen LogP contribution in [0, 0.1) is 6.92 Å². The zero-order valence-electron chi connectivity index (χ0n) is 12.4. The molecule has 1 unspecified atom stereocenters. The highest BCUT2D eigenvalue weighted by molar-refractivity contribution is 6.00. The molecule has 5 nitrogen and oxygen atoms in total. The van der Waals surface area contributed by atoms with E-state index in [0.29, 0.717) is 6.42 Å². The molecule has 3 N–H and O–H groups in total. The maximum Gasteiger partial charge on any atom is 0.222 e. The van der Waals surface area contributed by atoms with Crippen LogP contribution in [0.3, 0.4) is 0 Å². The number of fused-ring (bicyclic) bond motifs is 1. The minimum absolute atomic E-state index is 0.218. The molecule has 5 heteroatoms. The van der Waals surface area contributed by atoms with E-state index in [4.69, 9.17) is 5.73 Å². The summed E-state index contributed by atoms with van der Waals surface area (Å²) in [5.74, 6) is 0.218. The number of hydrogen-bond donors (Lipinski definition) is 2. The monoisotopic (exact) mass is 284 g/mol. The summed E-state index contributed by atoms with van der Waals surface area (Å²) in [4.78, 5) is 17.7. The summed E-state index contributed by atoms with van der Waals surface area (Å²) >= 11 is 0. The fraction of sp³-hybridized carbons (Fsp3) is 0.375. The maximum absolute atomic E-state index is 11.6. The predicted molar refractivity (Wildman–Crippen MR) is 85.2 cm³/mol. The number of anilines is 2. The molecule has 0 aliphatic carbocycles. The number of nitrogen functional groups attached to an aromatic ring is 1. The van der Waals surface area contributed by atoms with Crippen LogP contribution >= 0.6 is 0 Å². The van der Waals surface area contributed by atoms with Gasteiger partial charge in [0, 0.05) is 60.1 Å². The zero-order chi connectivity index (χ0) is 15.0. The van der Waals surface area contributed by atoms with Gasteiger partial charge in [0.1, 0.15) is 0 Å². The van der Waals surface area contributed by atoms with Crippen molar-refractivity contribution in [3.05, 3.63) is 30.1 Å². The number of hydrogen-bond acceptors (Lipinski definition) is 4. The first-order chi connectivity index (χ1) is 10.0. The molecule has 1 atom stereocenters. The smallest absolute Gasteiger partial charge is 0.222 e. The first kappa shape index (κ1) is 13.7. The van der Waals surface area contributed by atoms with E-state index in [1.165, 1.54) is 0 Å². The number of rotatable bonds is 2. The van der Waals surface area contributed by atoms with E-state index < -0.39 is 0 Å². The van der Waals surface area contributed by atoms with Crippen LogP contribution in [0.1, 0.15) is 18.5 Å². The Balaban J connectivity index is 1.92. The van der Waals surface area contributed by atoms with Gasteiger partial charge in [-0.15, -0.1) is 0 Å². The van der Waals surface area contributed by atoms with Crippen molar-refractivity contribution < 1.29 is 4.79 Å². The molecule has 0 bridgehead atoms. The lowest BCUT2D eigenvalue weighted by Gasteiger charge is -2.31. The van der Waals surface area contributed by atoms with Gasteiger partial charge in [0.2, 0.25) is 5.91 Å². The molecule has 0 radical (unpaired) electrons. The van der Waals surface area contributed by atoms with E-state index in [0.717, 1.165) is 40.8 Å². The van der Waals surface area contributed by atoms with Crippen LogP contribution in [0.25, 0.3) is 10.8 Å². The van der Waals surface area contributed by atoms with E-state index in [1.54, 1.807) is 4.90 Å². The number of aromatic nitrogens is 1. The number of aryl methyl sites for hydroxylation is 1. The molecule has 110 valence electrons. The van der Waals surface area contributed by atoms with Gasteiger partial charge in [-0.1, -0.05) is 0 Å². The van der Waals surface area contributed by atoms with Crippen LogP contribution in [-0.2, 0) is 4.79 Å². The highest BCUT2D eigenvalue weighted by Gasteiger charge is 2.23. The van der Waals surface area contributed by atoms with Gasteiger partial charge in [-0.3, -0.25) is 9.78 Å². The van der Waals surface area contributed by atoms with Gasteiger partial charge < -0.3 is 16.0 Å². The number of carbonyl (C=O) groups excluding carboxylic acids is 1. The Morgan fingerprint density at radius 1 is 1.38 bits per heavy atom. The summed E-state index contributed by atoms with van der Waals surface area (Å²) in [6, 6.07) is 6.23. The summed E-state index contributed by atoms with van der Waals surface area (Å²) < 4.78 is 0. The average Bonchev–Trinajstić information content (AvgIpc) is 2.46. The number of likely N-dealkylation sites (tertiary alicyclic amines) is 1. The summed E-state index contributed by atoms with van der Waals surface area (Å²) in [5, 5.41) is 5.60. The van der Waals surface area contributed by atoms with Crippen LogP contribution < -0.4 is 11.1 Å². The molecule has 2 aromatic rings. The quantitative estimate of drug-likeness (QED) is 0.829. The van der Waals surface area contributed by atoms with E-state index in [9.17, 15) is 4.79 Å². The van der Waals surface area contributed by atoms with Crippen LogP contribution in [0.15, 0.2) is 24.4 Å². The molecule has 1 aliphatic heterocycles. The van der Waals surface area contributed by atoms with E-state index >= 15 is 0 Å². The Morgan fingerprint density at radius 2 is 2.19 bits per heavy atom. The van der Waals surface area contributed by atoms with Crippen LogP contribution in [-0.4, -0.2) is 35.4 Å². The molecule has 1 aliphatic rings. The van der Waals surface area contributed by atoms with Crippen molar-refractivity contribution in [3.8, 4) is 0 Å². The molecule has 1 amide bonds. The minimum atomic E-state index is 0.218. The largest absolute Gasteiger partial charge is 0.398 e. The first-order valence-corrected chi connectivity index (χ1v) is 7.20. The highest BCUT2D eigenvalue weighted by atomic mass is 16.2. The molecule has 1 saturated heterocycles. The number of piperidine rings is 1. The number of pyridine rings is 1. The van der Waals surface area contributed by atoms with E-state index in [2.05, 4.69) is 10.3 Å². The van der Waals surface area contributed by atoms with Gasteiger partial charge in [0.25, 0.3) is 0 Å². The van der Waals surface area contributed by atoms with Gasteiger partial charge >= 0.3 is 0 Å². The lowest BCUT2D eigenvalue weighted by Crippen LogP contribution is -2.43. The normalized spacial score (nSPS) is 19.0. The third kappa shape index (κ3) is 2.63. The molecule has 2 heterocycles. The lowest BCUT2D eigenvalue weighted by molar-refractivity contribution is -0.132. The third-order valence-corrected chi connectivity index (χ3v) is 4.06. The summed E-state index contributed by atoms with van der Waals surface area (Å²) in [5.41, 5.74) is 8.78. The van der Waals surface area contributed by atoms with E-state index in [1.807, 2.05) is 38.4 Å². The number of likely N-dealkylation sites (N-methyl/N-ethyl adjacent to an activating group) is 1. The molecule has 3 rings (SSSR count). The van der Waals surface area contributed by atoms with Crippen molar-refractivity contribution in [1.82, 2.24) is 9.88 Å². The standard InChI is InChI=1S/C16H20N4O/c1-10-7-12-13(8-18-10)14(17)4-5-15(12)19-11-3-6-16(21)20(2)9-11/h4-5,7-8,11,19H,3,6,9,17H2,1-2H3. The fourth-order valence-corrected chi connectivity index (χ4v) is 2.84. The lowest BCUT2D eigenvalue weighted by atomic mass is 10.0. The Labute approximate surface area is 124 Å². The summed E-state index contributed by atoms with van der Waals surface area (Å²) in [7, 11) is 1.85. The SMILES string of the molecule is Cc1cc2c(NC3CCC(=O)N(C)C3)ccc(N)c2cn1. The minimum Gasteiger partial charge on any atom is -0.398 e. The second-order valence-corrected chi connectivity index (χ2v) is 5.73. The second-order valence-electron chi connectivity index (χ2n) is 5.73. The van der Waals surface area contributed by atoms with Crippen LogP contribution in [0.2, 0.25) is 0 Å². The highest BCUT2D eigenvalue weighted by Crippen LogP contribution is 2.29. The molecule has 21 heavy (non-hydrogen) atoms. The van der Waals surface area contributed by atoms with Crippen molar-refractivity contribution in [1.29, 1.82) is 0 Å². The first-order valence-electron chi connectivity index (χ1n) is 7.20. The molecule has 0 saturated carbocycles. The number of amides is 1. The Bertz CT molecular complexity index is 698. The Hall–Kier alpha value is -2.30. The Kier molecular flexibility index (Phi) is 3.41. The fourth-order valence-electron chi connectivity index (χ4n) is 2.84. The van der Waals surface area contributed by atoms with Gasteiger partial charge in [-0.2, -0.15) is 0 Å². The number of nitrogens with one attached hydrogen (secondary N) is 1. The molecular formula is C16H20N4O. The van der Waals surface area contributed by atoms with Crippen molar-refractivity contribution >= 4 is 28.1 Å². The van der Waals surface area contributed by atoms with Crippen molar-refractivity contribution in [2.75, 3.05) is 24.6 Å². The van der Waals surface area contributed by atoms with Gasteiger partial charge in [0.15, 0.2) is 0 Å². The van der Waals surface area contributed by atoms with Gasteiger partial charge in [-0.25, -0.2) is 0 Å². The number of nitrogens with zero attached hydrogens (tertiary/aromatic N) is 2. The van der Waals surface area contributed by atoms with Crippen LogP contribution in [0.5, 0.6) is 0 Å².